The topological polar surface area (TPSA) is 99.6 Å². The maximum Gasteiger partial charge on any atom is 0.228 e. The Labute approximate surface area is 516 Å². The smallest absolute Gasteiger partial charge is 0.228 e. The van der Waals surface area contributed by atoms with E-state index >= 15 is 14.4 Å². The molecule has 0 bridgehead atoms. The lowest BCUT2D eigenvalue weighted by atomic mass is 9.47. The molecule has 3 heterocycles. The molecule has 13 rings (SSSR count). The van der Waals surface area contributed by atoms with Crippen LogP contribution in [0.4, 0.5) is 17.1 Å². The minimum atomic E-state index is -0.670. The van der Waals surface area contributed by atoms with E-state index in [9.17, 15) is 0 Å². The van der Waals surface area contributed by atoms with Crippen LogP contribution in [0.3, 0.4) is 0 Å². The van der Waals surface area contributed by atoms with E-state index in [1.54, 1.807) is 0 Å². The van der Waals surface area contributed by atoms with E-state index in [0.717, 1.165) is 99.7 Å². The minimum absolute atomic E-state index is 0.119. The van der Waals surface area contributed by atoms with Crippen LogP contribution in [-0.2, 0) is 14.4 Å². The second-order valence-corrected chi connectivity index (χ2v) is 26.6. The first-order valence-electron chi connectivity index (χ1n) is 30.4. The summed E-state index contributed by atoms with van der Waals surface area (Å²) in [5.74, 6) is -2.36. The summed E-state index contributed by atoms with van der Waals surface area (Å²) in [5, 5.41) is 8.27. The lowest BCUT2D eigenvalue weighted by molar-refractivity contribution is -0.132. The van der Waals surface area contributed by atoms with Gasteiger partial charge < -0.3 is 14.7 Å². The van der Waals surface area contributed by atoms with Gasteiger partial charge in [-0.25, -0.2) is 15.0 Å². The molecule has 0 atom stereocenters. The zero-order valence-electron chi connectivity index (χ0n) is 51.0. The number of anilines is 3. The molecule has 3 aromatic heterocycles. The van der Waals surface area contributed by atoms with Crippen molar-refractivity contribution in [2.45, 2.75) is 35.0 Å². The predicted molar refractivity (Wildman–Crippen MR) is 386 cm³/mol. The van der Waals surface area contributed by atoms with Gasteiger partial charge in [-0.05, 0) is 140 Å². The fourth-order valence-corrected chi connectivity index (χ4v) is 13.5. The number of hydrogen-bond donors (Lipinski definition) is 0. The molecule has 18 heteroatoms. The minimum Gasteiger partial charge on any atom is -0.330 e. The molecule has 0 unspecified atom stereocenters. The molecule has 0 aliphatic heterocycles. The van der Waals surface area contributed by atoms with Crippen molar-refractivity contribution in [1.82, 2.24) is 15.0 Å². The van der Waals surface area contributed by atoms with Gasteiger partial charge in [0.25, 0.3) is 0 Å². The number of amides is 3. The predicted octanol–water partition coefficient (Wildman–Crippen LogP) is 5.76. The molecule has 1 aliphatic rings. The van der Waals surface area contributed by atoms with Crippen LogP contribution in [0.2, 0.25) is 0 Å². The van der Waals surface area contributed by atoms with Crippen LogP contribution in [0.1, 0.15) is 19.3 Å². The number of fused-ring (bicyclic) bond motifs is 9. The number of benzene rings is 9. The van der Waals surface area contributed by atoms with Crippen molar-refractivity contribution in [1.29, 1.82) is 0 Å². The third-order valence-corrected chi connectivity index (χ3v) is 17.5. The molecule has 9 nitrogen and oxygen atoms in total. The first-order valence-corrected chi connectivity index (χ1v) is 30.4. The summed E-state index contributed by atoms with van der Waals surface area (Å²) in [4.78, 5) is 68.5. The lowest BCUT2D eigenvalue weighted by Gasteiger charge is -2.45. The number of nitrogens with zero attached hydrogens (tertiary/aromatic N) is 6. The van der Waals surface area contributed by atoms with E-state index in [0.29, 0.717) is 0 Å². The summed E-state index contributed by atoms with van der Waals surface area (Å²) in [6, 6.07) is 74.4. The number of hydrogen-bond acceptors (Lipinski definition) is 6. The Morgan fingerprint density at radius 2 is 0.552 bits per heavy atom. The molecule has 3 amide bonds. The summed E-state index contributed by atoms with van der Waals surface area (Å²) in [7, 11) is 18.4. The molecule has 1 saturated carbocycles. The van der Waals surface area contributed by atoms with Crippen LogP contribution in [0.25, 0.3) is 98.8 Å². The normalized spacial score (nSPS) is 15.7. The van der Waals surface area contributed by atoms with Gasteiger partial charge in [-0.15, -0.1) is 0 Å². The Balaban J connectivity index is 0.830. The van der Waals surface area contributed by atoms with Crippen molar-refractivity contribution < 1.29 is 14.4 Å². The molecule has 0 radical (unpaired) electrons. The van der Waals surface area contributed by atoms with E-state index in [-0.39, 0.29) is 37.0 Å². The van der Waals surface area contributed by atoms with E-state index in [1.807, 2.05) is 158 Å². The van der Waals surface area contributed by atoms with Crippen molar-refractivity contribution in [2.24, 2.45) is 17.8 Å². The van der Waals surface area contributed by atoms with Gasteiger partial charge in [0.05, 0.1) is 33.6 Å². The maximum absolute atomic E-state index is 15.9. The van der Waals surface area contributed by atoms with Crippen LogP contribution >= 0.6 is 0 Å². The summed E-state index contributed by atoms with van der Waals surface area (Å²) in [5.41, 5.74) is 10.2. The Morgan fingerprint density at radius 1 is 0.299 bits per heavy atom. The standard InChI is InChI=1S/C69H63B9N6O3/c70-67(71,72)82(49-22-13-43(14-23-49)58-34-28-55-52-10-4-1-7-40(52)19-31-61(55)79-58)64(85)46-37-47(65(86)83(68(73,74)75)50-24-15-44(16-25-50)59-35-29-56-53-11-5-2-8-41(53)20-32-62(56)80-59)39-48(38-46)66(87)84(69(76,77)78)51-26-17-45(18-27-51)60-36-30-57-54-12-6-3-9-42(54)21-33-63(57)81-60/h1-36,46-48H,37-39,70-78H2. The van der Waals surface area contributed by atoms with Crippen molar-refractivity contribution >= 4 is 170 Å². The fraction of sp³-hybridized carbons (Fsp3) is 0.130. The van der Waals surface area contributed by atoms with Gasteiger partial charge >= 0.3 is 0 Å². The Hall–Kier alpha value is -9.02. The molecule has 87 heavy (non-hydrogen) atoms. The van der Waals surface area contributed by atoms with Gasteiger partial charge in [0.1, 0.15) is 70.6 Å². The summed E-state index contributed by atoms with van der Waals surface area (Å²) >= 11 is 0. The Morgan fingerprint density at radius 3 is 0.805 bits per heavy atom. The molecule has 1 fully saturated rings. The third-order valence-electron chi connectivity index (χ3n) is 17.5. The van der Waals surface area contributed by atoms with Crippen molar-refractivity contribution in [3.05, 3.63) is 218 Å². The van der Waals surface area contributed by atoms with Gasteiger partial charge in [-0.3, -0.25) is 14.4 Å². The number of carbonyl (C=O) groups is 3. The van der Waals surface area contributed by atoms with Crippen LogP contribution < -0.4 is 14.7 Å². The van der Waals surface area contributed by atoms with Crippen molar-refractivity contribution in [2.75, 3.05) is 14.7 Å². The monoisotopic (exact) mass is 1120 g/mol. The first kappa shape index (κ1) is 57.1. The third kappa shape index (κ3) is 11.0. The molecule has 9 aromatic carbocycles. The molecular formula is C69H63B9N6O3. The Kier molecular flexibility index (Phi) is 14.7. The number of pyridine rings is 3. The van der Waals surface area contributed by atoms with Crippen LogP contribution in [0, 0.1) is 17.8 Å². The van der Waals surface area contributed by atoms with Crippen LogP contribution in [-0.4, -0.2) is 119 Å². The van der Waals surface area contributed by atoms with Crippen LogP contribution in [0.15, 0.2) is 218 Å². The second kappa shape index (κ2) is 22.4. The largest absolute Gasteiger partial charge is 0.330 e. The van der Waals surface area contributed by atoms with Gasteiger partial charge in [0.2, 0.25) is 17.7 Å². The van der Waals surface area contributed by atoms with Crippen molar-refractivity contribution in [3.8, 4) is 33.8 Å². The summed E-state index contributed by atoms with van der Waals surface area (Å²) in [6.45, 7) is 0. The highest BCUT2D eigenvalue weighted by Gasteiger charge is 2.46. The van der Waals surface area contributed by atoms with Gasteiger partial charge in [-0.2, -0.15) is 0 Å². The molecule has 1 aliphatic carbocycles. The van der Waals surface area contributed by atoms with Crippen molar-refractivity contribution in [3.63, 3.8) is 0 Å². The van der Waals surface area contributed by atoms with Gasteiger partial charge in [-0.1, -0.05) is 146 Å². The summed E-state index contributed by atoms with van der Waals surface area (Å²) < 4.78 is 0. The molecular weight excluding hydrogens is 1060 g/mol. The highest BCUT2D eigenvalue weighted by atomic mass is 16.2. The SMILES string of the molecule is BC(B)(B)N(C(=O)C1CC(C(=O)N(c2ccc(-c3ccc4c(ccc5ccccc54)n3)cc2)C(B)(B)B)CC(C(=O)N(c2ccc(-c3ccc4c(ccc5ccccc54)n3)cc2)C(B)(B)B)C1)c1ccc(-c2ccc3c(ccc4ccccc43)n2)cc1. The second-order valence-electron chi connectivity index (χ2n) is 26.6. The zero-order chi connectivity index (χ0) is 60.5. The van der Waals surface area contributed by atoms with E-state index in [1.165, 1.54) is 16.2 Å². The van der Waals surface area contributed by atoms with Gasteiger partial charge in [0, 0.05) is 67.7 Å². The van der Waals surface area contributed by atoms with E-state index < -0.39 is 33.5 Å². The molecule has 12 aromatic rings. The fourth-order valence-electron chi connectivity index (χ4n) is 13.5. The highest BCUT2D eigenvalue weighted by Crippen LogP contribution is 2.42. The molecule has 0 saturated heterocycles. The number of aromatic nitrogens is 3. The quantitative estimate of drug-likeness (QED) is 0.114. The molecule has 0 spiro atoms. The van der Waals surface area contributed by atoms with E-state index in [4.69, 9.17) is 15.0 Å². The average molecular weight is 1120 g/mol. The maximum atomic E-state index is 15.9. The lowest BCUT2D eigenvalue weighted by Crippen LogP contribution is -2.60. The number of rotatable bonds is 12. The van der Waals surface area contributed by atoms with Crippen LogP contribution in [0.5, 0.6) is 0 Å². The molecule has 414 valence electrons. The first-order chi connectivity index (χ1) is 41.7. The molecule has 0 N–H and O–H groups in total. The number of carbonyl (C=O) groups excluding carboxylic acids is 3. The Bertz CT molecular complexity index is 4210. The highest BCUT2D eigenvalue weighted by molar-refractivity contribution is 6.63. The average Bonchev–Trinajstić information content (AvgIpc) is 1.23. The zero-order valence-corrected chi connectivity index (χ0v) is 51.0. The van der Waals surface area contributed by atoms with E-state index in [2.05, 4.69) is 146 Å². The van der Waals surface area contributed by atoms with Gasteiger partial charge in [0.15, 0.2) is 0 Å². The summed E-state index contributed by atoms with van der Waals surface area (Å²) in [6.07, 6.45) is 0.836.